The Bertz CT molecular complexity index is 1180. The molecule has 0 unspecified atom stereocenters. The predicted octanol–water partition coefficient (Wildman–Crippen LogP) is 4.93. The molecule has 30 heavy (non-hydrogen) atoms. The highest BCUT2D eigenvalue weighted by Crippen LogP contribution is 2.39. The number of carbonyl (C=O) groups excluding carboxylic acids is 2. The number of ketones is 1. The fourth-order valence-electron chi connectivity index (χ4n) is 3.03. The van der Waals surface area contributed by atoms with Gasteiger partial charge in [0.1, 0.15) is 23.1 Å². The van der Waals surface area contributed by atoms with E-state index in [0.717, 1.165) is 0 Å². The van der Waals surface area contributed by atoms with Gasteiger partial charge in [-0.15, -0.1) is 0 Å². The molecule has 0 spiro atoms. The molecule has 0 saturated heterocycles. The van der Waals surface area contributed by atoms with Crippen LogP contribution < -0.4 is 9.47 Å². The molecule has 2 aromatic carbocycles. The molecule has 4 rings (SSSR count). The number of nitrogens with zero attached hydrogens (tertiary/aromatic N) is 1. The normalized spacial score (nSPS) is 14.0. The summed E-state index contributed by atoms with van der Waals surface area (Å²) in [5.74, 6) is -0.0645. The molecule has 0 radical (unpaired) electrons. The third kappa shape index (κ3) is 4.11. The summed E-state index contributed by atoms with van der Waals surface area (Å²) in [5, 5.41) is 3.76. The molecule has 0 amide bonds. The number of rotatable bonds is 5. The number of esters is 1. The van der Waals surface area contributed by atoms with Crippen LogP contribution >= 0.6 is 11.6 Å². The van der Waals surface area contributed by atoms with Crippen LogP contribution in [0, 0.1) is 12.7 Å². The number of aryl methyl sites for hydroxylation is 1. The van der Waals surface area contributed by atoms with Crippen molar-refractivity contribution in [1.82, 2.24) is 5.16 Å². The molecule has 0 saturated carbocycles. The quantitative estimate of drug-likeness (QED) is 0.326. The molecule has 1 aromatic heterocycles. The lowest BCUT2D eigenvalue weighted by Crippen LogP contribution is -2.10. The van der Waals surface area contributed by atoms with Gasteiger partial charge in [0.25, 0.3) is 0 Å². The van der Waals surface area contributed by atoms with Crippen molar-refractivity contribution in [3.63, 3.8) is 0 Å². The molecule has 152 valence electrons. The number of Topliss-reactive ketones (excluding diaryl/α,β-unsaturated/α-hetero) is 1. The Morgan fingerprint density at radius 2 is 2.10 bits per heavy atom. The van der Waals surface area contributed by atoms with E-state index in [4.69, 9.17) is 25.6 Å². The van der Waals surface area contributed by atoms with Gasteiger partial charge in [0.2, 0.25) is 5.78 Å². The zero-order chi connectivity index (χ0) is 21.3. The van der Waals surface area contributed by atoms with Crippen molar-refractivity contribution in [3.05, 3.63) is 81.6 Å². The standard InChI is InChI=1S/C22H15ClFNO5/c1-12-17(28-20(26)8-5-15-11-19(23)25-30-15)7-6-16-21(27)18(29-22(12)16)10-13-3-2-4-14(24)9-13/h2-4,6-7,9-11H,5,8H2,1H3/b18-10-. The molecule has 0 aliphatic carbocycles. The van der Waals surface area contributed by atoms with Crippen LogP contribution in [0.2, 0.25) is 5.15 Å². The average molecular weight is 428 g/mol. The molecular weight excluding hydrogens is 413 g/mol. The largest absolute Gasteiger partial charge is 0.452 e. The molecule has 1 aliphatic rings. The Morgan fingerprint density at radius 1 is 1.27 bits per heavy atom. The maximum Gasteiger partial charge on any atom is 0.311 e. The van der Waals surface area contributed by atoms with Crippen LogP contribution in [0.4, 0.5) is 4.39 Å². The first-order chi connectivity index (χ1) is 14.4. The molecule has 3 aromatic rings. The lowest BCUT2D eigenvalue weighted by atomic mass is 10.1. The maximum absolute atomic E-state index is 13.4. The molecule has 2 heterocycles. The van der Waals surface area contributed by atoms with Gasteiger partial charge < -0.3 is 14.0 Å². The first-order valence-corrected chi connectivity index (χ1v) is 9.43. The van der Waals surface area contributed by atoms with Crippen LogP contribution in [0.3, 0.4) is 0 Å². The van der Waals surface area contributed by atoms with Crippen molar-refractivity contribution in [2.24, 2.45) is 0 Å². The first kappa shape index (κ1) is 19.8. The van der Waals surface area contributed by atoms with Crippen molar-refractivity contribution in [2.75, 3.05) is 0 Å². The summed E-state index contributed by atoms with van der Waals surface area (Å²) in [6, 6.07) is 10.4. The van der Waals surface area contributed by atoms with E-state index in [2.05, 4.69) is 5.16 Å². The fourth-order valence-corrected chi connectivity index (χ4v) is 3.19. The van der Waals surface area contributed by atoms with E-state index in [1.165, 1.54) is 30.3 Å². The van der Waals surface area contributed by atoms with Gasteiger partial charge in [-0.25, -0.2) is 4.39 Å². The van der Waals surface area contributed by atoms with Crippen LogP contribution in [-0.4, -0.2) is 16.9 Å². The van der Waals surface area contributed by atoms with E-state index in [9.17, 15) is 14.0 Å². The molecule has 0 fully saturated rings. The third-order valence-corrected chi connectivity index (χ3v) is 4.69. The van der Waals surface area contributed by atoms with E-state index in [-0.39, 0.29) is 35.3 Å². The zero-order valence-electron chi connectivity index (χ0n) is 15.8. The number of halogens is 2. The third-order valence-electron chi connectivity index (χ3n) is 4.51. The van der Waals surface area contributed by atoms with E-state index in [0.29, 0.717) is 28.2 Å². The second kappa shape index (κ2) is 8.12. The highest BCUT2D eigenvalue weighted by atomic mass is 35.5. The minimum Gasteiger partial charge on any atom is -0.452 e. The van der Waals surface area contributed by atoms with Crippen LogP contribution in [0.1, 0.15) is 33.7 Å². The van der Waals surface area contributed by atoms with Crippen LogP contribution in [0.5, 0.6) is 11.5 Å². The van der Waals surface area contributed by atoms with Gasteiger partial charge in [0, 0.05) is 18.1 Å². The van der Waals surface area contributed by atoms with Crippen molar-refractivity contribution in [3.8, 4) is 11.5 Å². The molecule has 8 heteroatoms. The predicted molar refractivity (Wildman–Crippen MR) is 106 cm³/mol. The topological polar surface area (TPSA) is 78.6 Å². The van der Waals surface area contributed by atoms with Crippen molar-refractivity contribution in [1.29, 1.82) is 0 Å². The number of benzene rings is 2. The van der Waals surface area contributed by atoms with Gasteiger partial charge >= 0.3 is 5.97 Å². The molecule has 1 aliphatic heterocycles. The zero-order valence-corrected chi connectivity index (χ0v) is 16.5. The van der Waals surface area contributed by atoms with E-state index < -0.39 is 11.8 Å². The Hall–Kier alpha value is -3.45. The first-order valence-electron chi connectivity index (χ1n) is 9.06. The van der Waals surface area contributed by atoms with Crippen LogP contribution in [-0.2, 0) is 11.2 Å². The van der Waals surface area contributed by atoms with Crippen LogP contribution in [0.25, 0.3) is 6.08 Å². The molecule has 0 atom stereocenters. The summed E-state index contributed by atoms with van der Waals surface area (Å²) in [7, 11) is 0. The second-order valence-electron chi connectivity index (χ2n) is 6.65. The Kier molecular flexibility index (Phi) is 5.37. The summed E-state index contributed by atoms with van der Waals surface area (Å²) in [6.45, 7) is 1.69. The van der Waals surface area contributed by atoms with Gasteiger partial charge in [0.05, 0.1) is 12.0 Å². The highest BCUT2D eigenvalue weighted by molar-refractivity contribution is 6.29. The maximum atomic E-state index is 13.4. The van der Waals surface area contributed by atoms with Crippen molar-refractivity contribution in [2.45, 2.75) is 19.8 Å². The summed E-state index contributed by atoms with van der Waals surface area (Å²) in [6.07, 6.45) is 1.82. The molecule has 0 bridgehead atoms. The Balaban J connectivity index is 1.49. The highest BCUT2D eigenvalue weighted by Gasteiger charge is 2.30. The number of fused-ring (bicyclic) bond motifs is 1. The van der Waals surface area contributed by atoms with Crippen molar-refractivity contribution < 1.29 is 28.0 Å². The van der Waals surface area contributed by atoms with E-state index in [1.54, 1.807) is 25.1 Å². The smallest absolute Gasteiger partial charge is 0.311 e. The lowest BCUT2D eigenvalue weighted by Gasteiger charge is -2.09. The monoisotopic (exact) mass is 427 g/mol. The summed E-state index contributed by atoms with van der Waals surface area (Å²) in [4.78, 5) is 24.8. The molecule has 6 nitrogen and oxygen atoms in total. The minimum absolute atomic E-state index is 0.0621. The average Bonchev–Trinajstić information content (AvgIpc) is 3.26. The van der Waals surface area contributed by atoms with E-state index >= 15 is 0 Å². The molecular formula is C22H15ClFNO5. The SMILES string of the molecule is Cc1c(OC(=O)CCc2cc(Cl)no2)ccc2c1O/C(=C\c1cccc(F)c1)C2=O. The van der Waals surface area contributed by atoms with Gasteiger partial charge in [-0.1, -0.05) is 28.9 Å². The van der Waals surface area contributed by atoms with Gasteiger partial charge in [-0.3, -0.25) is 9.59 Å². The fraction of sp³-hybridized carbons (Fsp3) is 0.136. The summed E-state index contributed by atoms with van der Waals surface area (Å²) >= 11 is 5.68. The number of aromatic nitrogens is 1. The summed E-state index contributed by atoms with van der Waals surface area (Å²) < 4.78 is 29.5. The number of hydrogen-bond acceptors (Lipinski definition) is 6. The number of allylic oxidation sites excluding steroid dienone is 1. The van der Waals surface area contributed by atoms with E-state index in [1.807, 2.05) is 0 Å². The number of carbonyl (C=O) groups is 2. The second-order valence-corrected chi connectivity index (χ2v) is 7.04. The van der Waals surface area contributed by atoms with Gasteiger partial charge in [-0.05, 0) is 42.8 Å². The molecule has 0 N–H and O–H groups in total. The lowest BCUT2D eigenvalue weighted by molar-refractivity contribution is -0.134. The van der Waals surface area contributed by atoms with Gasteiger partial charge in [0.15, 0.2) is 10.9 Å². The summed E-state index contributed by atoms with van der Waals surface area (Å²) in [5.41, 5.74) is 1.37. The number of ether oxygens (including phenoxy) is 2. The van der Waals surface area contributed by atoms with Crippen molar-refractivity contribution >= 4 is 29.4 Å². The van der Waals surface area contributed by atoms with Gasteiger partial charge in [-0.2, -0.15) is 0 Å². The Labute approximate surface area is 175 Å². The Morgan fingerprint density at radius 3 is 2.83 bits per heavy atom. The minimum atomic E-state index is -0.481. The number of hydrogen-bond donors (Lipinski definition) is 0. The van der Waals surface area contributed by atoms with Crippen LogP contribution in [0.15, 0.2) is 52.7 Å².